The first-order valence-corrected chi connectivity index (χ1v) is 21.2. The van der Waals surface area contributed by atoms with Gasteiger partial charge in [0.15, 0.2) is 0 Å². The summed E-state index contributed by atoms with van der Waals surface area (Å²) in [6, 6.07) is 35.7. The first-order chi connectivity index (χ1) is 28.6. The fraction of sp³-hybridized carbons (Fsp3) is 0.211. The topological polar surface area (TPSA) is 24.4 Å². The van der Waals surface area contributed by atoms with E-state index in [4.69, 9.17) is 11.6 Å². The molecule has 0 fully saturated rings. The second-order valence-electron chi connectivity index (χ2n) is 16.5. The van der Waals surface area contributed by atoms with Gasteiger partial charge in [-0.25, -0.2) is 0 Å². The summed E-state index contributed by atoms with van der Waals surface area (Å²) in [6.45, 7) is 20.8. The van der Waals surface area contributed by atoms with Crippen LogP contribution in [0, 0.1) is 20.8 Å². The zero-order chi connectivity index (χ0) is 41.3. The van der Waals surface area contributed by atoms with Crippen LogP contribution in [-0.4, -0.2) is 5.71 Å². The van der Waals surface area contributed by atoms with E-state index in [9.17, 15) is 0 Å². The molecule has 2 heteroatoms. The maximum atomic E-state index is 5.53. The molecule has 294 valence electrons. The lowest BCUT2D eigenvalue weighted by molar-refractivity contribution is 0.739. The first kappa shape index (κ1) is 39.6. The van der Waals surface area contributed by atoms with Crippen molar-refractivity contribution in [1.82, 2.24) is 0 Å². The SMILES string of the molecule is C=C(/C=C\C=C/C)C1(/C(C)=C/C=C\C(C)=Nc2c(C)c(-c3ccc(C)cc3CNc3ccc(C)cc3)cc3c2C(C)c2ccccc2-3)C2=CCCC=C2c2ccccc21. The highest BCUT2D eigenvalue weighted by Crippen LogP contribution is 2.59. The van der Waals surface area contributed by atoms with E-state index >= 15 is 0 Å². The third-order valence-electron chi connectivity index (χ3n) is 12.7. The zero-order valence-electron chi connectivity index (χ0n) is 35.8. The Balaban J connectivity index is 1.21. The molecule has 0 amide bonds. The molecule has 2 unspecified atom stereocenters. The number of nitrogens with one attached hydrogen (secondary N) is 1. The Morgan fingerprint density at radius 3 is 2.29 bits per heavy atom. The Bertz CT molecular complexity index is 2690. The van der Waals surface area contributed by atoms with E-state index in [-0.39, 0.29) is 5.92 Å². The van der Waals surface area contributed by atoms with E-state index in [0.717, 1.165) is 42.0 Å². The van der Waals surface area contributed by atoms with Crippen molar-refractivity contribution in [3.63, 3.8) is 0 Å². The summed E-state index contributed by atoms with van der Waals surface area (Å²) in [6.07, 6.45) is 22.1. The van der Waals surface area contributed by atoms with Crippen molar-refractivity contribution in [2.45, 2.75) is 79.2 Å². The van der Waals surface area contributed by atoms with Crippen molar-refractivity contribution in [3.8, 4) is 22.3 Å². The third kappa shape index (κ3) is 7.16. The Morgan fingerprint density at radius 2 is 1.49 bits per heavy atom. The molecule has 59 heavy (non-hydrogen) atoms. The number of allylic oxidation sites excluding steroid dienone is 13. The molecule has 0 aliphatic heterocycles. The number of hydrogen-bond donors (Lipinski definition) is 1. The van der Waals surface area contributed by atoms with E-state index < -0.39 is 5.41 Å². The van der Waals surface area contributed by atoms with Crippen LogP contribution in [0.5, 0.6) is 0 Å². The average molecular weight is 769 g/mol. The lowest BCUT2D eigenvalue weighted by Gasteiger charge is -2.35. The maximum absolute atomic E-state index is 5.53. The second-order valence-corrected chi connectivity index (χ2v) is 16.5. The summed E-state index contributed by atoms with van der Waals surface area (Å²) in [7, 11) is 0. The molecule has 2 nitrogen and oxygen atoms in total. The number of rotatable bonds is 11. The van der Waals surface area contributed by atoms with Crippen LogP contribution in [0.25, 0.3) is 27.8 Å². The monoisotopic (exact) mass is 768 g/mol. The number of hydrogen-bond acceptors (Lipinski definition) is 2. The zero-order valence-corrected chi connectivity index (χ0v) is 35.8. The molecule has 0 saturated heterocycles. The molecule has 5 aromatic carbocycles. The van der Waals surface area contributed by atoms with E-state index in [1.165, 1.54) is 83.5 Å². The Kier molecular flexibility index (Phi) is 11.1. The minimum Gasteiger partial charge on any atom is -0.381 e. The van der Waals surface area contributed by atoms with Gasteiger partial charge in [-0.2, -0.15) is 0 Å². The molecule has 0 saturated carbocycles. The molecule has 0 spiro atoms. The van der Waals surface area contributed by atoms with Crippen LogP contribution in [0.3, 0.4) is 0 Å². The average Bonchev–Trinajstić information content (AvgIpc) is 3.71. The number of benzene rings is 5. The van der Waals surface area contributed by atoms with Gasteiger partial charge in [0.25, 0.3) is 0 Å². The van der Waals surface area contributed by atoms with Crippen molar-refractivity contribution < 1.29 is 0 Å². The van der Waals surface area contributed by atoms with Gasteiger partial charge in [0.05, 0.1) is 11.1 Å². The van der Waals surface area contributed by atoms with Crippen LogP contribution in [0.1, 0.15) is 91.0 Å². The smallest absolute Gasteiger partial charge is 0.0712 e. The molecule has 2 atom stereocenters. The molecule has 3 aliphatic rings. The molecule has 5 aromatic rings. The predicted octanol–water partition coefficient (Wildman–Crippen LogP) is 15.4. The van der Waals surface area contributed by atoms with Gasteiger partial charge in [-0.05, 0) is 151 Å². The molecule has 3 aliphatic carbocycles. The highest BCUT2D eigenvalue weighted by molar-refractivity contribution is 5.99. The normalized spacial score (nSPS) is 18.5. The van der Waals surface area contributed by atoms with Crippen molar-refractivity contribution >= 4 is 22.7 Å². The summed E-state index contributed by atoms with van der Waals surface area (Å²) in [5.74, 6) is 0.238. The summed E-state index contributed by atoms with van der Waals surface area (Å²) in [5, 5.41) is 3.70. The first-order valence-electron chi connectivity index (χ1n) is 21.2. The molecular weight excluding hydrogens is 713 g/mol. The molecule has 0 bridgehead atoms. The third-order valence-corrected chi connectivity index (χ3v) is 12.7. The van der Waals surface area contributed by atoms with E-state index in [1.54, 1.807) is 0 Å². The van der Waals surface area contributed by atoms with Crippen molar-refractivity contribution in [2.24, 2.45) is 4.99 Å². The van der Waals surface area contributed by atoms with Gasteiger partial charge < -0.3 is 5.32 Å². The number of aliphatic imine (C=N–C) groups is 1. The Morgan fingerprint density at radius 1 is 0.763 bits per heavy atom. The van der Waals surface area contributed by atoms with Crippen molar-refractivity contribution in [2.75, 3.05) is 5.32 Å². The van der Waals surface area contributed by atoms with Gasteiger partial charge in [-0.1, -0.05) is 158 Å². The molecule has 0 aromatic heterocycles. The highest BCUT2D eigenvalue weighted by Gasteiger charge is 2.48. The highest BCUT2D eigenvalue weighted by atomic mass is 14.9. The fourth-order valence-corrected chi connectivity index (χ4v) is 9.73. The van der Waals surface area contributed by atoms with Gasteiger partial charge in [-0.15, -0.1) is 0 Å². The van der Waals surface area contributed by atoms with Crippen LogP contribution in [-0.2, 0) is 12.0 Å². The largest absolute Gasteiger partial charge is 0.381 e. The fourth-order valence-electron chi connectivity index (χ4n) is 9.73. The molecule has 0 radical (unpaired) electrons. The molecule has 1 N–H and O–H groups in total. The second kappa shape index (κ2) is 16.5. The molecular formula is C57H56N2. The van der Waals surface area contributed by atoms with Gasteiger partial charge >= 0.3 is 0 Å². The molecule has 8 rings (SSSR count). The van der Waals surface area contributed by atoms with E-state index in [1.807, 2.05) is 0 Å². The van der Waals surface area contributed by atoms with Gasteiger partial charge in [0.2, 0.25) is 0 Å². The summed E-state index contributed by atoms with van der Waals surface area (Å²) in [5.41, 5.74) is 23.1. The Hall–Kier alpha value is -6.25. The summed E-state index contributed by atoms with van der Waals surface area (Å²) < 4.78 is 0. The van der Waals surface area contributed by atoms with Gasteiger partial charge in [0, 0.05) is 23.9 Å². The number of aryl methyl sites for hydroxylation is 2. The minimum absolute atomic E-state index is 0.238. The Labute approximate surface area is 352 Å². The van der Waals surface area contributed by atoms with Crippen molar-refractivity contribution in [3.05, 3.63) is 220 Å². The van der Waals surface area contributed by atoms with Crippen LogP contribution < -0.4 is 5.32 Å². The lowest BCUT2D eigenvalue weighted by Crippen LogP contribution is -2.29. The molecule has 0 heterocycles. The van der Waals surface area contributed by atoms with Crippen LogP contribution >= 0.6 is 0 Å². The van der Waals surface area contributed by atoms with Crippen molar-refractivity contribution in [1.29, 1.82) is 0 Å². The van der Waals surface area contributed by atoms with E-state index in [0.29, 0.717) is 0 Å². The van der Waals surface area contributed by atoms with Crippen LogP contribution in [0.15, 0.2) is 180 Å². The van der Waals surface area contributed by atoms with Crippen LogP contribution in [0.4, 0.5) is 11.4 Å². The summed E-state index contributed by atoms with van der Waals surface area (Å²) >= 11 is 0. The minimum atomic E-state index is -0.441. The number of nitrogens with zero attached hydrogens (tertiary/aromatic N) is 1. The lowest BCUT2D eigenvalue weighted by atomic mass is 9.66. The van der Waals surface area contributed by atoms with E-state index in [2.05, 4.69) is 206 Å². The number of fused-ring (bicyclic) bond motifs is 6. The predicted molar refractivity (Wildman–Crippen MR) is 255 cm³/mol. The standard InChI is InChI=1S/C57H56N2/c1-9-10-11-19-39(4)57(53-26-16-14-24-49(53)50-25-15-17-27-54(50)57)40(5)20-18-21-41(6)59-56-43(8)51(35-52-48-23-13-12-22-46(48)42(7)55(52)56)47-33-30-38(3)34-44(47)36-58-45-31-28-37(2)29-32-45/h9-14,16,18-35,42,58H,4,15,17,36H2,1-3,5-8H3/b10-9-,19-11-,21-18-,40-20+,59-41?. The summed E-state index contributed by atoms with van der Waals surface area (Å²) in [4.78, 5) is 5.53. The van der Waals surface area contributed by atoms with Crippen LogP contribution in [0.2, 0.25) is 0 Å². The maximum Gasteiger partial charge on any atom is 0.0712 e. The van der Waals surface area contributed by atoms with Gasteiger partial charge in [0.1, 0.15) is 0 Å². The quantitative estimate of drug-likeness (QED) is 0.105. The number of anilines is 1. The van der Waals surface area contributed by atoms with Gasteiger partial charge in [-0.3, -0.25) is 4.99 Å².